The third kappa shape index (κ3) is 6.20. The standard InChI is InChI=1S/C35H35N2.BF4/c1-3-5-24-36-30(28-18-10-14-26-16-12-22-32(36)34(26)28)20-8-7-9-21-31-29-19-11-15-27-17-13-23-33(35(27)29)37(31)25-6-4-2;2-1(3,4)5/h7-23H,3-6,24-25H2,1-2H3;/q+1;-1. The largest absolute Gasteiger partial charge is 0.673 e. The number of nitrogens with zero attached hydrogens (tertiary/aromatic N) is 2. The summed E-state index contributed by atoms with van der Waals surface area (Å²) in [7, 11) is -6.00. The van der Waals surface area contributed by atoms with Crippen molar-refractivity contribution in [2.24, 2.45) is 0 Å². The molecule has 1 aliphatic heterocycles. The average Bonchev–Trinajstić information content (AvgIpc) is 3.44. The molecule has 4 aromatic carbocycles. The maximum Gasteiger partial charge on any atom is 0.673 e. The van der Waals surface area contributed by atoms with Crippen LogP contribution in [-0.2, 0) is 6.54 Å². The Morgan fingerprint density at radius 2 is 1.38 bits per heavy atom. The molecule has 0 saturated carbocycles. The predicted molar refractivity (Wildman–Crippen MR) is 170 cm³/mol. The molecule has 0 amide bonds. The average molecular weight is 570 g/mol. The van der Waals surface area contributed by atoms with E-state index in [4.69, 9.17) is 0 Å². The van der Waals surface area contributed by atoms with Crippen molar-refractivity contribution >= 4 is 57.2 Å². The summed E-state index contributed by atoms with van der Waals surface area (Å²) >= 11 is 0. The lowest BCUT2D eigenvalue weighted by atomic mass is 10.0. The topological polar surface area (TPSA) is 7.94 Å². The molecule has 0 unspecified atom stereocenters. The van der Waals surface area contributed by atoms with Crippen molar-refractivity contribution in [1.82, 2.24) is 4.57 Å². The second-order valence-electron chi connectivity index (χ2n) is 10.5. The normalized spacial score (nSPS) is 13.9. The number of hydrogen-bond donors (Lipinski definition) is 0. The number of allylic oxidation sites excluding steroid dienone is 4. The van der Waals surface area contributed by atoms with Crippen LogP contribution in [0.3, 0.4) is 0 Å². The van der Waals surface area contributed by atoms with Gasteiger partial charge < -0.3 is 21.8 Å². The smallest absolute Gasteiger partial charge is 0.418 e. The van der Waals surface area contributed by atoms with Crippen LogP contribution >= 0.6 is 0 Å². The molecule has 0 atom stereocenters. The lowest BCUT2D eigenvalue weighted by Crippen LogP contribution is -2.16. The SMILES string of the molecule is CCCCn1c(=CC=CC=CC2=[N+](CCCC)c3cccc4cccc2c34)c2cccc3cccc1c32.F[B-](F)(F)F. The van der Waals surface area contributed by atoms with Crippen molar-refractivity contribution in [3.05, 3.63) is 108 Å². The molecule has 0 saturated heterocycles. The summed E-state index contributed by atoms with van der Waals surface area (Å²) in [4.78, 5) is 0. The van der Waals surface area contributed by atoms with Crippen LogP contribution in [0, 0.1) is 0 Å². The number of aromatic nitrogens is 1. The van der Waals surface area contributed by atoms with Crippen LogP contribution in [-0.4, -0.2) is 28.7 Å². The van der Waals surface area contributed by atoms with Crippen molar-refractivity contribution in [3.8, 4) is 0 Å². The number of rotatable bonds is 9. The molecule has 0 aliphatic carbocycles. The van der Waals surface area contributed by atoms with Crippen molar-refractivity contribution < 1.29 is 21.8 Å². The van der Waals surface area contributed by atoms with E-state index in [2.05, 4.69) is 126 Å². The molecular weight excluding hydrogens is 535 g/mol. The van der Waals surface area contributed by atoms with Gasteiger partial charge in [-0.05, 0) is 35.4 Å². The molecule has 1 aliphatic rings. The van der Waals surface area contributed by atoms with Gasteiger partial charge in [-0.1, -0.05) is 99.5 Å². The van der Waals surface area contributed by atoms with Crippen molar-refractivity contribution in [1.29, 1.82) is 0 Å². The van der Waals surface area contributed by atoms with Gasteiger partial charge in [-0.3, -0.25) is 0 Å². The molecule has 0 spiro atoms. The molecule has 0 bridgehead atoms. The van der Waals surface area contributed by atoms with E-state index in [0.29, 0.717) is 0 Å². The quantitative estimate of drug-likeness (QED) is 0.0722. The Labute approximate surface area is 244 Å². The minimum atomic E-state index is -6.00. The molecule has 0 N–H and O–H groups in total. The Bertz CT molecular complexity index is 1840. The highest BCUT2D eigenvalue weighted by molar-refractivity contribution is 6.50. The first-order valence-electron chi connectivity index (χ1n) is 14.7. The first kappa shape index (κ1) is 29.4. The van der Waals surface area contributed by atoms with E-state index in [1.165, 1.54) is 80.4 Å². The zero-order valence-electron chi connectivity index (χ0n) is 24.0. The van der Waals surface area contributed by atoms with E-state index in [9.17, 15) is 17.3 Å². The summed E-state index contributed by atoms with van der Waals surface area (Å²) in [6, 6.07) is 26.7. The van der Waals surface area contributed by atoms with Crippen LogP contribution < -0.4 is 5.35 Å². The molecule has 0 radical (unpaired) electrons. The van der Waals surface area contributed by atoms with Crippen LogP contribution in [0.15, 0.2) is 97.1 Å². The van der Waals surface area contributed by atoms with E-state index < -0.39 is 7.25 Å². The van der Waals surface area contributed by atoms with Gasteiger partial charge in [-0.25, -0.2) is 0 Å². The Kier molecular flexibility index (Phi) is 8.96. The van der Waals surface area contributed by atoms with Gasteiger partial charge in [0.1, 0.15) is 6.54 Å². The van der Waals surface area contributed by atoms with Gasteiger partial charge in [0.2, 0.25) is 11.4 Å². The van der Waals surface area contributed by atoms with Crippen LogP contribution in [0.1, 0.15) is 45.1 Å². The number of halogens is 4. The molecule has 0 fully saturated rings. The second-order valence-corrected chi connectivity index (χ2v) is 10.5. The van der Waals surface area contributed by atoms with Gasteiger partial charge in [-0.15, -0.1) is 0 Å². The highest BCUT2D eigenvalue weighted by atomic mass is 19.5. The second kappa shape index (κ2) is 12.8. The summed E-state index contributed by atoms with van der Waals surface area (Å²) in [5.41, 5.74) is 5.34. The Morgan fingerprint density at radius 1 is 0.738 bits per heavy atom. The minimum Gasteiger partial charge on any atom is -0.418 e. The monoisotopic (exact) mass is 570 g/mol. The first-order valence-corrected chi connectivity index (χ1v) is 14.7. The molecule has 2 nitrogen and oxygen atoms in total. The van der Waals surface area contributed by atoms with E-state index in [1.807, 2.05) is 0 Å². The Balaban J connectivity index is 0.000000652. The maximum atomic E-state index is 9.75. The molecule has 216 valence electrons. The number of benzene rings is 4. The van der Waals surface area contributed by atoms with Crippen LogP contribution in [0.2, 0.25) is 0 Å². The van der Waals surface area contributed by atoms with Gasteiger partial charge in [0.05, 0.1) is 10.9 Å². The molecule has 5 aromatic rings. The summed E-state index contributed by atoms with van der Waals surface area (Å²) in [5.74, 6) is 0. The fourth-order valence-corrected chi connectivity index (χ4v) is 5.90. The lowest BCUT2D eigenvalue weighted by Gasteiger charge is -2.05. The van der Waals surface area contributed by atoms with Crippen LogP contribution in [0.25, 0.3) is 38.5 Å². The summed E-state index contributed by atoms with van der Waals surface area (Å²) in [6.45, 7) is 6.63. The van der Waals surface area contributed by atoms with E-state index in [-0.39, 0.29) is 0 Å². The summed E-state index contributed by atoms with van der Waals surface area (Å²) in [5, 5.41) is 8.06. The van der Waals surface area contributed by atoms with Crippen molar-refractivity contribution in [2.75, 3.05) is 6.54 Å². The molecule has 2 heterocycles. The van der Waals surface area contributed by atoms with E-state index in [1.54, 1.807) is 0 Å². The fraction of sp³-hybridized carbons (Fsp3) is 0.229. The van der Waals surface area contributed by atoms with Gasteiger partial charge in [0, 0.05) is 46.7 Å². The zero-order valence-corrected chi connectivity index (χ0v) is 24.0. The van der Waals surface area contributed by atoms with Gasteiger partial charge in [0.25, 0.3) is 0 Å². The number of aryl methyl sites for hydroxylation is 1. The predicted octanol–water partition coefficient (Wildman–Crippen LogP) is 9.61. The molecule has 7 heteroatoms. The highest BCUT2D eigenvalue weighted by Gasteiger charge is 2.29. The summed E-state index contributed by atoms with van der Waals surface area (Å²) in [6.07, 6.45) is 15.9. The van der Waals surface area contributed by atoms with Crippen molar-refractivity contribution in [2.45, 2.75) is 46.1 Å². The molecule has 42 heavy (non-hydrogen) atoms. The van der Waals surface area contributed by atoms with Gasteiger partial charge >= 0.3 is 7.25 Å². The minimum absolute atomic E-state index is 1.05. The summed E-state index contributed by atoms with van der Waals surface area (Å²) < 4.78 is 44.0. The lowest BCUT2D eigenvalue weighted by molar-refractivity contribution is -0.436. The first-order chi connectivity index (χ1) is 20.3. The van der Waals surface area contributed by atoms with E-state index >= 15 is 0 Å². The Hall–Kier alpha value is -4.13. The van der Waals surface area contributed by atoms with Gasteiger partial charge in [0.15, 0.2) is 0 Å². The highest BCUT2D eigenvalue weighted by Crippen LogP contribution is 2.35. The number of hydrogen-bond acceptors (Lipinski definition) is 0. The third-order valence-corrected chi connectivity index (χ3v) is 7.68. The van der Waals surface area contributed by atoms with Gasteiger partial charge in [-0.2, -0.15) is 4.58 Å². The zero-order chi connectivity index (χ0) is 29.7. The molecular formula is C35H35BF4N2. The third-order valence-electron chi connectivity index (χ3n) is 7.68. The molecule has 1 aromatic heterocycles. The maximum absolute atomic E-state index is 9.75. The van der Waals surface area contributed by atoms with Crippen molar-refractivity contribution in [3.63, 3.8) is 0 Å². The van der Waals surface area contributed by atoms with Crippen LogP contribution in [0.4, 0.5) is 23.0 Å². The number of unbranched alkanes of at least 4 members (excludes halogenated alkanes) is 2. The Morgan fingerprint density at radius 3 is 2.10 bits per heavy atom. The van der Waals surface area contributed by atoms with Crippen LogP contribution in [0.5, 0.6) is 0 Å². The van der Waals surface area contributed by atoms with E-state index in [0.717, 1.165) is 13.1 Å². The molecule has 6 rings (SSSR count). The fourth-order valence-electron chi connectivity index (χ4n) is 5.90.